The molecule has 0 radical (unpaired) electrons. The van der Waals surface area contributed by atoms with Gasteiger partial charge in [-0.05, 0) is 50.1 Å². The van der Waals surface area contributed by atoms with Gasteiger partial charge in [-0.3, -0.25) is 9.52 Å². The van der Waals surface area contributed by atoms with E-state index in [1.54, 1.807) is 49.4 Å². The van der Waals surface area contributed by atoms with Crippen LogP contribution in [-0.2, 0) is 10.0 Å². The van der Waals surface area contributed by atoms with Crippen molar-refractivity contribution in [1.29, 1.82) is 0 Å². The lowest BCUT2D eigenvalue weighted by molar-refractivity contribution is 0.0953. The van der Waals surface area contributed by atoms with Crippen molar-refractivity contribution in [3.63, 3.8) is 0 Å². The molecule has 0 atom stereocenters. The molecule has 134 valence electrons. The molecular formula is C19H24N2O3S. The highest BCUT2D eigenvalue weighted by atomic mass is 32.2. The predicted octanol–water partition coefficient (Wildman–Crippen LogP) is 3.63. The van der Waals surface area contributed by atoms with E-state index >= 15 is 0 Å². The number of rotatable bonds is 7. The number of nitrogens with one attached hydrogen (secondary N) is 2. The summed E-state index contributed by atoms with van der Waals surface area (Å²) in [6.45, 7) is 6.35. The zero-order chi connectivity index (χ0) is 18.4. The van der Waals surface area contributed by atoms with Crippen molar-refractivity contribution in [1.82, 2.24) is 5.32 Å². The lowest BCUT2D eigenvalue weighted by atomic mass is 10.1. The monoisotopic (exact) mass is 360 g/mol. The first-order chi connectivity index (χ1) is 11.8. The quantitative estimate of drug-likeness (QED) is 0.740. The largest absolute Gasteiger partial charge is 0.352 e. The molecule has 2 aromatic rings. The minimum atomic E-state index is -3.70. The van der Waals surface area contributed by atoms with E-state index in [2.05, 4.69) is 17.0 Å². The van der Waals surface area contributed by atoms with Gasteiger partial charge in [0, 0.05) is 12.1 Å². The summed E-state index contributed by atoms with van der Waals surface area (Å²) in [5.74, 6) is -0.204. The van der Waals surface area contributed by atoms with Gasteiger partial charge in [-0.15, -0.1) is 0 Å². The highest BCUT2D eigenvalue weighted by Crippen LogP contribution is 2.21. The number of carbonyl (C=O) groups excluding carboxylic acids is 1. The molecule has 0 fully saturated rings. The minimum Gasteiger partial charge on any atom is -0.352 e. The average molecular weight is 360 g/mol. The van der Waals surface area contributed by atoms with E-state index < -0.39 is 10.0 Å². The molecular weight excluding hydrogens is 336 g/mol. The number of amides is 1. The summed E-state index contributed by atoms with van der Waals surface area (Å²) in [5, 5.41) is 2.83. The molecule has 0 saturated heterocycles. The third-order valence-electron chi connectivity index (χ3n) is 3.89. The number of sulfonamides is 1. The van der Waals surface area contributed by atoms with Gasteiger partial charge in [0.25, 0.3) is 15.9 Å². The Balaban J connectivity index is 2.22. The van der Waals surface area contributed by atoms with Gasteiger partial charge < -0.3 is 5.32 Å². The van der Waals surface area contributed by atoms with Gasteiger partial charge in [0.1, 0.15) is 0 Å². The third kappa shape index (κ3) is 5.06. The molecule has 0 saturated carbocycles. The second-order valence-electron chi connectivity index (χ2n) is 6.06. The Bertz CT molecular complexity index is 843. The van der Waals surface area contributed by atoms with Gasteiger partial charge >= 0.3 is 0 Å². The number of unbranched alkanes of at least 4 members (excludes halogenated alkanes) is 1. The van der Waals surface area contributed by atoms with Crippen molar-refractivity contribution in [2.75, 3.05) is 11.3 Å². The van der Waals surface area contributed by atoms with E-state index in [4.69, 9.17) is 0 Å². The van der Waals surface area contributed by atoms with E-state index in [1.165, 1.54) is 0 Å². The average Bonchev–Trinajstić information content (AvgIpc) is 2.57. The lowest BCUT2D eigenvalue weighted by Gasteiger charge is -2.12. The molecule has 1 amide bonds. The van der Waals surface area contributed by atoms with Gasteiger partial charge in [0.2, 0.25) is 0 Å². The summed E-state index contributed by atoms with van der Waals surface area (Å²) < 4.78 is 27.7. The fourth-order valence-electron chi connectivity index (χ4n) is 2.28. The van der Waals surface area contributed by atoms with Crippen LogP contribution in [0.15, 0.2) is 47.4 Å². The van der Waals surface area contributed by atoms with Crippen LogP contribution in [0.5, 0.6) is 0 Å². The van der Waals surface area contributed by atoms with Crippen LogP contribution in [-0.4, -0.2) is 20.9 Å². The Morgan fingerprint density at radius 2 is 1.72 bits per heavy atom. The van der Waals surface area contributed by atoms with Crippen molar-refractivity contribution in [3.05, 3.63) is 59.2 Å². The van der Waals surface area contributed by atoms with Crippen molar-refractivity contribution >= 4 is 21.6 Å². The fourth-order valence-corrected chi connectivity index (χ4v) is 3.40. The number of hydrogen-bond acceptors (Lipinski definition) is 3. The SMILES string of the molecule is CCCCNC(=O)c1ccc(C)c(NS(=O)(=O)c2ccc(C)cc2)c1. The van der Waals surface area contributed by atoms with Crippen LogP contribution in [0.3, 0.4) is 0 Å². The summed E-state index contributed by atoms with van der Waals surface area (Å²) in [5.41, 5.74) is 2.58. The molecule has 0 aromatic heterocycles. The summed E-state index contributed by atoms with van der Waals surface area (Å²) in [6, 6.07) is 11.6. The summed E-state index contributed by atoms with van der Waals surface area (Å²) in [7, 11) is -3.70. The van der Waals surface area contributed by atoms with Gasteiger partial charge in [0.15, 0.2) is 0 Å². The smallest absolute Gasteiger partial charge is 0.261 e. The second kappa shape index (κ2) is 8.16. The van der Waals surface area contributed by atoms with Crippen molar-refractivity contribution in [2.24, 2.45) is 0 Å². The van der Waals surface area contributed by atoms with Gasteiger partial charge in [-0.25, -0.2) is 8.42 Å². The molecule has 25 heavy (non-hydrogen) atoms. The number of anilines is 1. The van der Waals surface area contributed by atoms with E-state index in [-0.39, 0.29) is 10.8 Å². The van der Waals surface area contributed by atoms with Crippen LogP contribution < -0.4 is 10.0 Å². The first-order valence-electron chi connectivity index (χ1n) is 8.32. The van der Waals surface area contributed by atoms with E-state index in [1.807, 2.05) is 6.92 Å². The summed E-state index contributed by atoms with van der Waals surface area (Å²) in [6.07, 6.45) is 1.90. The Hall–Kier alpha value is -2.34. The number of carbonyl (C=O) groups is 1. The maximum Gasteiger partial charge on any atom is 0.261 e. The van der Waals surface area contributed by atoms with Crippen molar-refractivity contribution < 1.29 is 13.2 Å². The van der Waals surface area contributed by atoms with Crippen LogP contribution in [0.1, 0.15) is 41.3 Å². The molecule has 0 aliphatic carbocycles. The van der Waals surface area contributed by atoms with Crippen LogP contribution in [0.25, 0.3) is 0 Å². The van der Waals surface area contributed by atoms with E-state index in [0.29, 0.717) is 17.8 Å². The topological polar surface area (TPSA) is 75.3 Å². The third-order valence-corrected chi connectivity index (χ3v) is 5.27. The molecule has 2 rings (SSSR count). The molecule has 0 spiro atoms. The molecule has 0 unspecified atom stereocenters. The Labute approximate surface area is 149 Å². The Morgan fingerprint density at radius 3 is 2.36 bits per heavy atom. The highest BCUT2D eigenvalue weighted by Gasteiger charge is 2.16. The lowest BCUT2D eigenvalue weighted by Crippen LogP contribution is -2.24. The molecule has 2 aromatic carbocycles. The van der Waals surface area contributed by atoms with Crippen LogP contribution >= 0.6 is 0 Å². The predicted molar refractivity (Wildman–Crippen MR) is 100 cm³/mol. The van der Waals surface area contributed by atoms with Crippen LogP contribution in [0.4, 0.5) is 5.69 Å². The highest BCUT2D eigenvalue weighted by molar-refractivity contribution is 7.92. The molecule has 6 heteroatoms. The Kier molecular flexibility index (Phi) is 6.20. The van der Waals surface area contributed by atoms with Gasteiger partial charge in [-0.2, -0.15) is 0 Å². The number of hydrogen-bond donors (Lipinski definition) is 2. The van der Waals surface area contributed by atoms with Crippen LogP contribution in [0.2, 0.25) is 0 Å². The number of aryl methyl sites for hydroxylation is 2. The van der Waals surface area contributed by atoms with Crippen molar-refractivity contribution in [3.8, 4) is 0 Å². The maximum atomic E-state index is 12.5. The summed E-state index contributed by atoms with van der Waals surface area (Å²) >= 11 is 0. The van der Waals surface area contributed by atoms with Gasteiger partial charge in [0.05, 0.1) is 10.6 Å². The first kappa shape index (κ1) is 19.0. The maximum absolute atomic E-state index is 12.5. The van der Waals surface area contributed by atoms with Crippen molar-refractivity contribution in [2.45, 2.75) is 38.5 Å². The molecule has 0 aliphatic heterocycles. The van der Waals surface area contributed by atoms with Crippen LogP contribution in [0, 0.1) is 13.8 Å². The molecule has 2 N–H and O–H groups in total. The summed E-state index contributed by atoms with van der Waals surface area (Å²) in [4.78, 5) is 12.4. The zero-order valence-electron chi connectivity index (χ0n) is 14.8. The standard InChI is InChI=1S/C19H24N2O3S/c1-4-5-12-20-19(22)16-9-8-15(3)18(13-16)21-25(23,24)17-10-6-14(2)7-11-17/h6-11,13,21H,4-5,12H2,1-3H3,(H,20,22). The molecule has 0 aliphatic rings. The normalized spacial score (nSPS) is 11.2. The minimum absolute atomic E-state index is 0.190. The molecule has 5 nitrogen and oxygen atoms in total. The molecule has 0 bridgehead atoms. The molecule has 0 heterocycles. The first-order valence-corrected chi connectivity index (χ1v) is 9.80. The van der Waals surface area contributed by atoms with E-state index in [9.17, 15) is 13.2 Å². The second-order valence-corrected chi connectivity index (χ2v) is 7.74. The van der Waals surface area contributed by atoms with E-state index in [0.717, 1.165) is 24.0 Å². The fraction of sp³-hybridized carbons (Fsp3) is 0.316. The zero-order valence-corrected chi connectivity index (χ0v) is 15.6. The Morgan fingerprint density at radius 1 is 1.04 bits per heavy atom. The number of benzene rings is 2. The van der Waals surface area contributed by atoms with Gasteiger partial charge in [-0.1, -0.05) is 37.1 Å².